The van der Waals surface area contributed by atoms with Gasteiger partial charge in [0.2, 0.25) is 15.9 Å². The minimum Gasteiger partial charge on any atom is -0.341 e. The molecule has 29 heavy (non-hydrogen) atoms. The molecule has 0 spiro atoms. The molecule has 1 aromatic rings. The summed E-state index contributed by atoms with van der Waals surface area (Å²) < 4.78 is 27.4. The molecule has 0 aromatic heterocycles. The summed E-state index contributed by atoms with van der Waals surface area (Å²) in [5.74, 6) is 0.114. The summed E-state index contributed by atoms with van der Waals surface area (Å²) in [5, 5.41) is 9.23. The third-order valence-electron chi connectivity index (χ3n) is 6.27. The van der Waals surface area contributed by atoms with Crippen LogP contribution in [0.5, 0.6) is 0 Å². The van der Waals surface area contributed by atoms with Crippen LogP contribution in [0, 0.1) is 11.3 Å². The molecule has 8 heteroatoms. The first-order valence-corrected chi connectivity index (χ1v) is 11.8. The zero-order chi connectivity index (χ0) is 21.0. The van der Waals surface area contributed by atoms with E-state index in [4.69, 9.17) is 0 Å². The van der Waals surface area contributed by atoms with E-state index in [0.717, 1.165) is 12.8 Å². The van der Waals surface area contributed by atoms with Gasteiger partial charge in [-0.1, -0.05) is 31.4 Å². The molecule has 0 radical (unpaired) electrons. The first-order valence-electron chi connectivity index (χ1n) is 10.4. The first kappa shape index (κ1) is 21.8. The van der Waals surface area contributed by atoms with Gasteiger partial charge in [0.25, 0.3) is 0 Å². The Bertz CT molecular complexity index is 866. The monoisotopic (exact) mass is 418 g/mol. The Balaban J connectivity index is 1.62. The van der Waals surface area contributed by atoms with Crippen LogP contribution in [-0.2, 0) is 14.8 Å². The molecule has 1 saturated carbocycles. The number of hydrogen-bond donors (Lipinski definition) is 0. The summed E-state index contributed by atoms with van der Waals surface area (Å²) in [4.78, 5) is 17.0. The highest BCUT2D eigenvalue weighted by molar-refractivity contribution is 7.89. The van der Waals surface area contributed by atoms with Crippen molar-refractivity contribution in [3.8, 4) is 6.07 Å². The third-order valence-corrected chi connectivity index (χ3v) is 8.23. The molecular formula is C21H30N4O3S. The number of nitrogens with zero attached hydrogens (tertiary/aromatic N) is 4. The second kappa shape index (κ2) is 9.24. The predicted molar refractivity (Wildman–Crippen MR) is 111 cm³/mol. The smallest absolute Gasteiger partial charge is 0.244 e. The molecule has 2 aliphatic rings. The van der Waals surface area contributed by atoms with Gasteiger partial charge in [-0.25, -0.2) is 8.42 Å². The molecule has 2 fully saturated rings. The fraction of sp³-hybridized carbons (Fsp3) is 0.619. The molecule has 158 valence electrons. The van der Waals surface area contributed by atoms with Crippen molar-refractivity contribution < 1.29 is 13.2 Å². The Morgan fingerprint density at radius 3 is 2.38 bits per heavy atom. The van der Waals surface area contributed by atoms with Gasteiger partial charge in [0, 0.05) is 39.3 Å². The van der Waals surface area contributed by atoms with Crippen LogP contribution < -0.4 is 0 Å². The van der Waals surface area contributed by atoms with Crippen LogP contribution >= 0.6 is 0 Å². The summed E-state index contributed by atoms with van der Waals surface area (Å²) >= 11 is 0. The van der Waals surface area contributed by atoms with Crippen molar-refractivity contribution in [1.29, 1.82) is 5.26 Å². The average molecular weight is 419 g/mol. The predicted octanol–water partition coefficient (Wildman–Crippen LogP) is 2.04. The van der Waals surface area contributed by atoms with Gasteiger partial charge >= 0.3 is 0 Å². The van der Waals surface area contributed by atoms with Gasteiger partial charge in [0.1, 0.15) is 6.07 Å². The van der Waals surface area contributed by atoms with Crippen molar-refractivity contribution in [3.63, 3.8) is 0 Å². The second-order valence-electron chi connectivity index (χ2n) is 7.96. The maximum Gasteiger partial charge on any atom is 0.244 e. The molecule has 1 aromatic carbocycles. The molecule has 7 nitrogen and oxygen atoms in total. The summed E-state index contributed by atoms with van der Waals surface area (Å²) in [7, 11) is -1.82. The maximum absolute atomic E-state index is 13.0. The summed E-state index contributed by atoms with van der Waals surface area (Å²) in [6, 6.07) is 8.30. The summed E-state index contributed by atoms with van der Waals surface area (Å²) in [6.07, 6.45) is 5.74. The Morgan fingerprint density at radius 2 is 1.76 bits per heavy atom. The van der Waals surface area contributed by atoms with E-state index in [9.17, 15) is 18.5 Å². The van der Waals surface area contributed by atoms with Gasteiger partial charge in [-0.05, 0) is 31.9 Å². The quantitative estimate of drug-likeness (QED) is 0.731. The molecule has 1 aliphatic heterocycles. The minimum absolute atomic E-state index is 0.0529. The maximum atomic E-state index is 13.0. The van der Waals surface area contributed by atoms with Crippen molar-refractivity contribution in [2.45, 2.75) is 56.0 Å². The van der Waals surface area contributed by atoms with Crippen LogP contribution in [0.15, 0.2) is 29.2 Å². The SMILES string of the molecule is C[C@H](C(=O)N(C)C1CCCCC1)N1CCN(S(=O)(=O)c2ccccc2C#N)CC1. The molecular weight excluding hydrogens is 388 g/mol. The van der Waals surface area contributed by atoms with Crippen molar-refractivity contribution >= 4 is 15.9 Å². The van der Waals surface area contributed by atoms with E-state index in [1.165, 1.54) is 35.7 Å². The minimum atomic E-state index is -3.72. The number of piperazine rings is 1. The molecule has 1 amide bonds. The van der Waals surface area contributed by atoms with Crippen LogP contribution in [0.25, 0.3) is 0 Å². The van der Waals surface area contributed by atoms with Crippen LogP contribution in [0.2, 0.25) is 0 Å². The standard InChI is InChI=1S/C21H30N4O3S/c1-17(21(26)23(2)19-9-4-3-5-10-19)24-12-14-25(15-13-24)29(27,28)20-11-7-6-8-18(20)16-22/h6-8,11,17,19H,3-5,9-10,12-15H2,1-2H3/t17-/m1/s1. The lowest BCUT2D eigenvalue weighted by atomic mass is 9.94. The van der Waals surface area contributed by atoms with Gasteiger partial charge < -0.3 is 4.90 Å². The molecule has 1 atom stereocenters. The summed E-state index contributed by atoms with van der Waals surface area (Å²) in [5.41, 5.74) is 0.160. The number of benzene rings is 1. The molecule has 3 rings (SSSR count). The van der Waals surface area contributed by atoms with E-state index in [1.54, 1.807) is 12.1 Å². The van der Waals surface area contributed by atoms with Gasteiger partial charge in [0.05, 0.1) is 16.5 Å². The molecule has 0 bridgehead atoms. The van der Waals surface area contributed by atoms with Crippen LogP contribution in [0.1, 0.15) is 44.6 Å². The number of carbonyl (C=O) groups excluding carboxylic acids is 1. The number of amides is 1. The van der Waals surface area contributed by atoms with Crippen LogP contribution in [0.4, 0.5) is 0 Å². The first-order chi connectivity index (χ1) is 13.9. The lowest BCUT2D eigenvalue weighted by Gasteiger charge is -2.40. The molecule has 1 aliphatic carbocycles. The van der Waals surface area contributed by atoms with Crippen LogP contribution in [-0.4, -0.2) is 73.7 Å². The molecule has 1 saturated heterocycles. The second-order valence-corrected chi connectivity index (χ2v) is 9.87. The molecule has 0 unspecified atom stereocenters. The van der Waals surface area contributed by atoms with Gasteiger partial charge in [-0.15, -0.1) is 0 Å². The zero-order valence-electron chi connectivity index (χ0n) is 17.2. The Kier molecular flexibility index (Phi) is 6.93. The number of nitriles is 1. The van der Waals surface area contributed by atoms with Crippen molar-refractivity contribution in [2.24, 2.45) is 0 Å². The highest BCUT2D eigenvalue weighted by Crippen LogP contribution is 2.24. The lowest BCUT2D eigenvalue weighted by molar-refractivity contribution is -0.138. The Hall–Kier alpha value is -1.95. The largest absolute Gasteiger partial charge is 0.341 e. The third kappa shape index (κ3) is 4.63. The normalized spacial score (nSPS) is 20.7. The number of likely N-dealkylation sites (N-methyl/N-ethyl adjacent to an activating group) is 1. The van der Waals surface area contributed by atoms with E-state index in [-0.39, 0.29) is 22.4 Å². The van der Waals surface area contributed by atoms with E-state index >= 15 is 0 Å². The van der Waals surface area contributed by atoms with E-state index in [1.807, 2.05) is 24.9 Å². The van der Waals surface area contributed by atoms with E-state index < -0.39 is 10.0 Å². The molecule has 1 heterocycles. The number of carbonyl (C=O) groups is 1. The van der Waals surface area contributed by atoms with Gasteiger partial charge in [0.15, 0.2) is 0 Å². The topological polar surface area (TPSA) is 84.7 Å². The Morgan fingerprint density at radius 1 is 1.14 bits per heavy atom. The fourth-order valence-corrected chi connectivity index (χ4v) is 5.92. The van der Waals surface area contributed by atoms with E-state index in [0.29, 0.717) is 32.2 Å². The number of hydrogen-bond acceptors (Lipinski definition) is 5. The number of rotatable bonds is 5. The van der Waals surface area contributed by atoms with Crippen molar-refractivity contribution in [3.05, 3.63) is 29.8 Å². The van der Waals surface area contributed by atoms with Crippen molar-refractivity contribution in [1.82, 2.24) is 14.1 Å². The average Bonchev–Trinajstić information content (AvgIpc) is 2.78. The highest BCUT2D eigenvalue weighted by Gasteiger charge is 2.34. The lowest BCUT2D eigenvalue weighted by Crippen LogP contribution is -2.56. The van der Waals surface area contributed by atoms with Crippen LogP contribution in [0.3, 0.4) is 0 Å². The van der Waals surface area contributed by atoms with Crippen molar-refractivity contribution in [2.75, 3.05) is 33.2 Å². The van der Waals surface area contributed by atoms with Gasteiger partial charge in [-0.3, -0.25) is 9.69 Å². The molecule has 0 N–H and O–H groups in total. The van der Waals surface area contributed by atoms with E-state index in [2.05, 4.69) is 4.90 Å². The fourth-order valence-electron chi connectivity index (χ4n) is 4.35. The Labute approximate surface area is 173 Å². The highest BCUT2D eigenvalue weighted by atomic mass is 32.2. The summed E-state index contributed by atoms with van der Waals surface area (Å²) in [6.45, 7) is 3.54. The van der Waals surface area contributed by atoms with Gasteiger partial charge in [-0.2, -0.15) is 9.57 Å². The zero-order valence-corrected chi connectivity index (χ0v) is 18.1. The number of sulfonamides is 1.